The maximum atomic E-state index is 11.9. The van der Waals surface area contributed by atoms with E-state index in [2.05, 4.69) is 6.08 Å². The summed E-state index contributed by atoms with van der Waals surface area (Å²) < 4.78 is 15.6. The summed E-state index contributed by atoms with van der Waals surface area (Å²) in [6, 6.07) is 0. The van der Waals surface area contributed by atoms with Crippen LogP contribution in [0.1, 0.15) is 180 Å². The fraction of sp³-hybridized carbons (Fsp3) is 0.917. The van der Waals surface area contributed by atoms with E-state index in [1.807, 2.05) is 0 Å². The first-order valence-electron chi connectivity index (χ1n) is 17.7. The standard InChI is InChI=1S/C36H68O4/c1-38-32-28-24-20-16-12-8-4-3-7-11-15-19-23-27-31-35-34(36(37)40-35)30-26-22-18-14-10-6-5-9-13-17-21-25-29-33-39-2/h31,34H,3-30,32-33H2,1-2H3. The van der Waals surface area contributed by atoms with E-state index >= 15 is 0 Å². The highest BCUT2D eigenvalue weighted by Crippen LogP contribution is 2.32. The van der Waals surface area contributed by atoms with Crippen LogP contribution < -0.4 is 0 Å². The molecular formula is C36H68O4. The molecule has 0 N–H and O–H groups in total. The van der Waals surface area contributed by atoms with Gasteiger partial charge in [-0.25, -0.2) is 0 Å². The van der Waals surface area contributed by atoms with Gasteiger partial charge in [0.25, 0.3) is 0 Å². The summed E-state index contributed by atoms with van der Waals surface area (Å²) >= 11 is 0. The van der Waals surface area contributed by atoms with Crippen molar-refractivity contribution in [3.05, 3.63) is 11.8 Å². The van der Waals surface area contributed by atoms with Gasteiger partial charge in [0.1, 0.15) is 11.7 Å². The van der Waals surface area contributed by atoms with Gasteiger partial charge in [-0.05, 0) is 38.2 Å². The number of allylic oxidation sites excluding steroid dienone is 1. The number of esters is 1. The molecule has 0 aromatic heterocycles. The number of unbranched alkanes of at least 4 members (excludes halogenated alkanes) is 25. The maximum Gasteiger partial charge on any atom is 0.321 e. The van der Waals surface area contributed by atoms with E-state index in [9.17, 15) is 4.79 Å². The molecule has 1 aliphatic heterocycles. The van der Waals surface area contributed by atoms with Crippen molar-refractivity contribution in [2.75, 3.05) is 27.4 Å². The van der Waals surface area contributed by atoms with Gasteiger partial charge in [-0.2, -0.15) is 0 Å². The molecule has 0 spiro atoms. The van der Waals surface area contributed by atoms with Crippen LogP contribution in [0.2, 0.25) is 0 Å². The number of hydrogen-bond acceptors (Lipinski definition) is 4. The molecule has 4 nitrogen and oxygen atoms in total. The zero-order chi connectivity index (χ0) is 28.8. The van der Waals surface area contributed by atoms with E-state index in [0.717, 1.165) is 38.2 Å². The van der Waals surface area contributed by atoms with Crippen molar-refractivity contribution >= 4 is 5.97 Å². The van der Waals surface area contributed by atoms with Gasteiger partial charge in [0.2, 0.25) is 0 Å². The van der Waals surface area contributed by atoms with Gasteiger partial charge in [-0.3, -0.25) is 4.79 Å². The monoisotopic (exact) mass is 565 g/mol. The molecule has 40 heavy (non-hydrogen) atoms. The van der Waals surface area contributed by atoms with Gasteiger partial charge >= 0.3 is 5.97 Å². The molecule has 1 saturated heterocycles. The third kappa shape index (κ3) is 22.8. The van der Waals surface area contributed by atoms with Crippen LogP contribution in [-0.4, -0.2) is 33.4 Å². The highest BCUT2D eigenvalue weighted by Gasteiger charge is 2.36. The second-order valence-corrected chi connectivity index (χ2v) is 12.3. The molecule has 236 valence electrons. The number of ether oxygens (including phenoxy) is 3. The van der Waals surface area contributed by atoms with E-state index in [-0.39, 0.29) is 11.9 Å². The number of carbonyl (C=O) groups is 1. The summed E-state index contributed by atoms with van der Waals surface area (Å²) in [5.41, 5.74) is 0. The van der Waals surface area contributed by atoms with Gasteiger partial charge in [0.15, 0.2) is 0 Å². The Morgan fingerprint density at radius 1 is 0.500 bits per heavy atom. The van der Waals surface area contributed by atoms with Gasteiger partial charge in [-0.15, -0.1) is 0 Å². The Morgan fingerprint density at radius 3 is 1.18 bits per heavy atom. The molecule has 0 aromatic rings. The van der Waals surface area contributed by atoms with Crippen LogP contribution in [-0.2, 0) is 19.0 Å². The lowest BCUT2D eigenvalue weighted by atomic mass is 9.93. The number of hydrogen-bond donors (Lipinski definition) is 0. The molecule has 1 aliphatic rings. The van der Waals surface area contributed by atoms with Crippen molar-refractivity contribution in [3.63, 3.8) is 0 Å². The number of rotatable bonds is 32. The molecular weight excluding hydrogens is 496 g/mol. The van der Waals surface area contributed by atoms with Gasteiger partial charge in [0.05, 0.1) is 0 Å². The second-order valence-electron chi connectivity index (χ2n) is 12.3. The molecule has 0 radical (unpaired) electrons. The highest BCUT2D eigenvalue weighted by atomic mass is 16.6. The molecule has 4 heteroatoms. The first-order valence-corrected chi connectivity index (χ1v) is 17.7. The number of methoxy groups -OCH3 is 2. The van der Waals surface area contributed by atoms with Crippen LogP contribution in [0.4, 0.5) is 0 Å². The van der Waals surface area contributed by atoms with E-state index in [0.29, 0.717) is 0 Å². The molecule has 1 atom stereocenters. The molecule has 1 rings (SSSR count). The Morgan fingerprint density at radius 2 is 0.825 bits per heavy atom. The highest BCUT2D eigenvalue weighted by molar-refractivity contribution is 5.82. The summed E-state index contributed by atoms with van der Waals surface area (Å²) in [5.74, 6) is 1.05. The quantitative estimate of drug-likeness (QED) is 0.0602. The van der Waals surface area contributed by atoms with Crippen LogP contribution in [0, 0.1) is 5.92 Å². The maximum absolute atomic E-state index is 11.9. The normalized spacial score (nSPS) is 16.0. The molecule has 0 bridgehead atoms. The van der Waals surface area contributed by atoms with Crippen LogP contribution in [0.15, 0.2) is 11.8 Å². The SMILES string of the molecule is COCCCCCCCCCCCCCCCC=C1OC(=O)C1CCCCCCCCCCCCCCCOC. The zero-order valence-electron chi connectivity index (χ0n) is 27.0. The minimum Gasteiger partial charge on any atom is -0.430 e. The molecule has 0 aliphatic carbocycles. The Labute approximate surface area is 249 Å². The molecule has 1 unspecified atom stereocenters. The number of cyclic esters (lactones) is 1. The third-order valence-corrected chi connectivity index (χ3v) is 8.59. The van der Waals surface area contributed by atoms with E-state index in [1.54, 1.807) is 14.2 Å². The van der Waals surface area contributed by atoms with E-state index < -0.39 is 0 Å². The summed E-state index contributed by atoms with van der Waals surface area (Å²) in [5, 5.41) is 0. The zero-order valence-corrected chi connectivity index (χ0v) is 27.0. The van der Waals surface area contributed by atoms with Crippen LogP contribution in [0.5, 0.6) is 0 Å². The molecule has 1 fully saturated rings. The lowest BCUT2D eigenvalue weighted by Crippen LogP contribution is -2.32. The van der Waals surface area contributed by atoms with Crippen molar-refractivity contribution in [3.8, 4) is 0 Å². The Hall–Kier alpha value is -0.870. The smallest absolute Gasteiger partial charge is 0.321 e. The Kier molecular flexibility index (Phi) is 27.5. The van der Waals surface area contributed by atoms with Crippen molar-refractivity contribution < 1.29 is 19.0 Å². The van der Waals surface area contributed by atoms with E-state index in [1.165, 1.54) is 161 Å². The average molecular weight is 565 g/mol. The van der Waals surface area contributed by atoms with E-state index in [4.69, 9.17) is 14.2 Å². The molecule has 0 aromatic carbocycles. The largest absolute Gasteiger partial charge is 0.430 e. The van der Waals surface area contributed by atoms with Gasteiger partial charge in [-0.1, -0.05) is 148 Å². The summed E-state index contributed by atoms with van der Waals surface area (Å²) in [7, 11) is 3.58. The minimum absolute atomic E-state index is 0.0102. The van der Waals surface area contributed by atoms with Gasteiger partial charge in [0, 0.05) is 27.4 Å². The molecule has 0 amide bonds. The van der Waals surface area contributed by atoms with Crippen molar-refractivity contribution in [1.29, 1.82) is 0 Å². The first kappa shape index (κ1) is 37.2. The Bertz CT molecular complexity index is 573. The van der Waals surface area contributed by atoms with Crippen molar-refractivity contribution in [2.24, 2.45) is 5.92 Å². The predicted octanol–water partition coefficient (Wildman–Crippen LogP) is 11.3. The minimum atomic E-state index is 0.0102. The fourth-order valence-electron chi connectivity index (χ4n) is 5.88. The summed E-state index contributed by atoms with van der Waals surface area (Å²) in [4.78, 5) is 11.9. The predicted molar refractivity (Wildman–Crippen MR) is 171 cm³/mol. The van der Waals surface area contributed by atoms with Crippen molar-refractivity contribution in [2.45, 2.75) is 180 Å². The van der Waals surface area contributed by atoms with Crippen LogP contribution >= 0.6 is 0 Å². The molecule has 0 saturated carbocycles. The summed E-state index contributed by atoms with van der Waals surface area (Å²) in [6.07, 6.45) is 39.2. The van der Waals surface area contributed by atoms with Gasteiger partial charge < -0.3 is 14.2 Å². The molecule has 1 heterocycles. The van der Waals surface area contributed by atoms with Crippen LogP contribution in [0.25, 0.3) is 0 Å². The summed E-state index contributed by atoms with van der Waals surface area (Å²) in [6.45, 7) is 1.84. The number of carbonyl (C=O) groups excluding carboxylic acids is 1. The Balaban J connectivity index is 1.83. The topological polar surface area (TPSA) is 44.8 Å². The first-order chi connectivity index (χ1) is 19.8. The second kappa shape index (κ2) is 29.6. The van der Waals surface area contributed by atoms with Crippen LogP contribution in [0.3, 0.4) is 0 Å². The average Bonchev–Trinajstić information content (AvgIpc) is 2.96. The fourth-order valence-corrected chi connectivity index (χ4v) is 5.88. The van der Waals surface area contributed by atoms with Crippen molar-refractivity contribution in [1.82, 2.24) is 0 Å². The lowest BCUT2D eigenvalue weighted by Gasteiger charge is -2.28. The third-order valence-electron chi connectivity index (χ3n) is 8.59. The lowest BCUT2D eigenvalue weighted by molar-refractivity contribution is -0.157.